The van der Waals surface area contributed by atoms with E-state index < -0.39 is 0 Å². The normalized spacial score (nSPS) is 10.8. The SMILES string of the molecule is CCOCC/C=C/c1ccc(C(=N)N)cc1. The Morgan fingerprint density at radius 3 is 2.62 bits per heavy atom. The number of benzene rings is 1. The van der Waals surface area contributed by atoms with Crippen LogP contribution in [0.2, 0.25) is 0 Å². The van der Waals surface area contributed by atoms with Crippen LogP contribution in [0.15, 0.2) is 30.3 Å². The first-order chi connectivity index (χ1) is 7.74. The van der Waals surface area contributed by atoms with Gasteiger partial charge in [0.15, 0.2) is 0 Å². The van der Waals surface area contributed by atoms with Crippen molar-refractivity contribution in [1.29, 1.82) is 5.41 Å². The largest absolute Gasteiger partial charge is 0.384 e. The van der Waals surface area contributed by atoms with Gasteiger partial charge in [0.25, 0.3) is 0 Å². The molecular weight excluding hydrogens is 200 g/mol. The molecule has 3 nitrogen and oxygen atoms in total. The van der Waals surface area contributed by atoms with Crippen molar-refractivity contribution < 1.29 is 4.74 Å². The van der Waals surface area contributed by atoms with Gasteiger partial charge >= 0.3 is 0 Å². The smallest absolute Gasteiger partial charge is 0.122 e. The zero-order valence-corrected chi connectivity index (χ0v) is 9.57. The van der Waals surface area contributed by atoms with Crippen LogP contribution in [0, 0.1) is 5.41 Å². The first-order valence-corrected chi connectivity index (χ1v) is 5.42. The summed E-state index contributed by atoms with van der Waals surface area (Å²) in [6.07, 6.45) is 5.05. The highest BCUT2D eigenvalue weighted by molar-refractivity contribution is 5.95. The average Bonchev–Trinajstić information content (AvgIpc) is 2.29. The fourth-order valence-electron chi connectivity index (χ4n) is 1.29. The number of nitrogen functional groups attached to an aromatic ring is 1. The predicted molar refractivity (Wildman–Crippen MR) is 67.6 cm³/mol. The number of ether oxygens (including phenoxy) is 1. The summed E-state index contributed by atoms with van der Waals surface area (Å²) < 4.78 is 5.23. The Balaban J connectivity index is 2.45. The molecule has 0 bridgehead atoms. The van der Waals surface area contributed by atoms with Gasteiger partial charge in [0.1, 0.15) is 5.84 Å². The molecular formula is C13H18N2O. The molecule has 16 heavy (non-hydrogen) atoms. The molecule has 0 amide bonds. The molecule has 0 saturated carbocycles. The molecule has 0 saturated heterocycles. The maximum atomic E-state index is 7.26. The number of hydrogen-bond acceptors (Lipinski definition) is 2. The Morgan fingerprint density at radius 1 is 1.38 bits per heavy atom. The van der Waals surface area contributed by atoms with E-state index in [1.54, 1.807) is 0 Å². The van der Waals surface area contributed by atoms with Crippen molar-refractivity contribution in [1.82, 2.24) is 0 Å². The van der Waals surface area contributed by atoms with Gasteiger partial charge in [0.2, 0.25) is 0 Å². The van der Waals surface area contributed by atoms with Crippen molar-refractivity contribution in [2.45, 2.75) is 13.3 Å². The summed E-state index contributed by atoms with van der Waals surface area (Å²) in [5.41, 5.74) is 7.24. The van der Waals surface area contributed by atoms with E-state index >= 15 is 0 Å². The third-order valence-electron chi connectivity index (χ3n) is 2.16. The maximum Gasteiger partial charge on any atom is 0.122 e. The van der Waals surface area contributed by atoms with E-state index in [-0.39, 0.29) is 5.84 Å². The van der Waals surface area contributed by atoms with Gasteiger partial charge in [-0.1, -0.05) is 36.4 Å². The lowest BCUT2D eigenvalue weighted by Crippen LogP contribution is -2.10. The average molecular weight is 218 g/mol. The van der Waals surface area contributed by atoms with E-state index in [0.717, 1.165) is 30.8 Å². The van der Waals surface area contributed by atoms with E-state index in [1.807, 2.05) is 37.3 Å². The molecule has 1 aromatic carbocycles. The van der Waals surface area contributed by atoms with E-state index in [1.165, 1.54) is 0 Å². The molecule has 0 aliphatic heterocycles. The molecule has 3 N–H and O–H groups in total. The van der Waals surface area contributed by atoms with E-state index in [4.69, 9.17) is 15.9 Å². The number of nitrogens with one attached hydrogen (secondary N) is 1. The van der Waals surface area contributed by atoms with Crippen molar-refractivity contribution in [3.63, 3.8) is 0 Å². The monoisotopic (exact) mass is 218 g/mol. The quantitative estimate of drug-likeness (QED) is 0.437. The van der Waals surface area contributed by atoms with Gasteiger partial charge in [-0.3, -0.25) is 5.41 Å². The number of rotatable bonds is 6. The molecule has 0 atom stereocenters. The summed E-state index contributed by atoms with van der Waals surface area (Å²) in [4.78, 5) is 0. The van der Waals surface area contributed by atoms with E-state index in [0.29, 0.717) is 0 Å². The number of amidine groups is 1. The summed E-state index contributed by atoms with van der Waals surface area (Å²) in [6.45, 7) is 3.52. The highest BCUT2D eigenvalue weighted by Gasteiger charge is 1.94. The molecule has 0 spiro atoms. The van der Waals surface area contributed by atoms with Gasteiger partial charge in [0, 0.05) is 18.8 Å². The molecule has 0 unspecified atom stereocenters. The molecule has 1 aromatic rings. The molecule has 1 rings (SSSR count). The van der Waals surface area contributed by atoms with Crippen molar-refractivity contribution >= 4 is 11.9 Å². The predicted octanol–water partition coefficient (Wildman–Crippen LogP) is 2.41. The lowest BCUT2D eigenvalue weighted by atomic mass is 10.1. The van der Waals surface area contributed by atoms with Crippen LogP contribution in [0.1, 0.15) is 24.5 Å². The Kier molecular flexibility index (Phi) is 5.29. The minimum Gasteiger partial charge on any atom is -0.384 e. The first kappa shape index (κ1) is 12.5. The van der Waals surface area contributed by atoms with Crippen LogP contribution in [-0.4, -0.2) is 19.0 Å². The molecule has 0 radical (unpaired) electrons. The van der Waals surface area contributed by atoms with Crippen LogP contribution in [0.3, 0.4) is 0 Å². The van der Waals surface area contributed by atoms with Crippen molar-refractivity contribution in [3.8, 4) is 0 Å². The van der Waals surface area contributed by atoms with Gasteiger partial charge in [0.05, 0.1) is 0 Å². The molecule has 0 aromatic heterocycles. The standard InChI is InChI=1S/C13H18N2O/c1-2-16-10-4-3-5-11-6-8-12(9-7-11)13(14)15/h3,5-9H,2,4,10H2,1H3,(H3,14,15)/b5-3+. The third kappa shape index (κ3) is 4.28. The fourth-order valence-corrected chi connectivity index (χ4v) is 1.29. The van der Waals surface area contributed by atoms with Crippen molar-refractivity contribution in [2.24, 2.45) is 5.73 Å². The van der Waals surface area contributed by atoms with E-state index in [2.05, 4.69) is 6.08 Å². The van der Waals surface area contributed by atoms with Crippen LogP contribution in [-0.2, 0) is 4.74 Å². The maximum absolute atomic E-state index is 7.26. The Morgan fingerprint density at radius 2 is 2.06 bits per heavy atom. The van der Waals surface area contributed by atoms with Gasteiger partial charge in [-0.15, -0.1) is 0 Å². The van der Waals surface area contributed by atoms with Crippen LogP contribution in [0.4, 0.5) is 0 Å². The summed E-state index contributed by atoms with van der Waals surface area (Å²) in [6, 6.07) is 7.61. The van der Waals surface area contributed by atoms with Crippen LogP contribution < -0.4 is 5.73 Å². The highest BCUT2D eigenvalue weighted by atomic mass is 16.5. The minimum atomic E-state index is 0.104. The van der Waals surface area contributed by atoms with Crippen molar-refractivity contribution in [2.75, 3.05) is 13.2 Å². The summed E-state index contributed by atoms with van der Waals surface area (Å²) in [5.74, 6) is 0.104. The summed E-state index contributed by atoms with van der Waals surface area (Å²) >= 11 is 0. The third-order valence-corrected chi connectivity index (χ3v) is 2.16. The van der Waals surface area contributed by atoms with Gasteiger partial charge in [-0.05, 0) is 18.9 Å². The minimum absolute atomic E-state index is 0.104. The fraction of sp³-hybridized carbons (Fsp3) is 0.308. The van der Waals surface area contributed by atoms with Crippen LogP contribution in [0.5, 0.6) is 0 Å². The molecule has 0 fully saturated rings. The van der Waals surface area contributed by atoms with Crippen LogP contribution >= 0.6 is 0 Å². The topological polar surface area (TPSA) is 59.1 Å². The molecule has 0 aliphatic rings. The lowest BCUT2D eigenvalue weighted by molar-refractivity contribution is 0.152. The zero-order valence-electron chi connectivity index (χ0n) is 9.57. The Bertz CT molecular complexity index is 355. The Hall–Kier alpha value is -1.61. The first-order valence-electron chi connectivity index (χ1n) is 5.42. The zero-order chi connectivity index (χ0) is 11.8. The van der Waals surface area contributed by atoms with Gasteiger partial charge in [-0.2, -0.15) is 0 Å². The van der Waals surface area contributed by atoms with E-state index in [9.17, 15) is 0 Å². The summed E-state index contributed by atoms with van der Waals surface area (Å²) in [7, 11) is 0. The second-order valence-corrected chi connectivity index (χ2v) is 3.42. The number of nitrogens with two attached hydrogens (primary N) is 1. The number of hydrogen-bond donors (Lipinski definition) is 2. The van der Waals surface area contributed by atoms with Gasteiger partial charge in [-0.25, -0.2) is 0 Å². The lowest BCUT2D eigenvalue weighted by Gasteiger charge is -1.99. The highest BCUT2D eigenvalue weighted by Crippen LogP contribution is 2.06. The summed E-state index contributed by atoms with van der Waals surface area (Å²) in [5, 5.41) is 7.26. The Labute approximate surface area is 96.4 Å². The second-order valence-electron chi connectivity index (χ2n) is 3.42. The molecule has 0 heterocycles. The van der Waals surface area contributed by atoms with Gasteiger partial charge < -0.3 is 10.5 Å². The molecule has 3 heteroatoms. The molecule has 0 aliphatic carbocycles. The van der Waals surface area contributed by atoms with Crippen LogP contribution in [0.25, 0.3) is 6.08 Å². The second kappa shape index (κ2) is 6.80. The molecule has 86 valence electrons. The van der Waals surface area contributed by atoms with Crippen molar-refractivity contribution in [3.05, 3.63) is 41.5 Å².